The highest BCUT2D eigenvalue weighted by molar-refractivity contribution is 8.00. The molecule has 0 saturated carbocycles. The molecule has 0 aliphatic carbocycles. The van der Waals surface area contributed by atoms with Crippen molar-refractivity contribution >= 4 is 23.4 Å². The molecular formula is C29H41NOS. The van der Waals surface area contributed by atoms with Gasteiger partial charge in [0.25, 0.3) is 0 Å². The van der Waals surface area contributed by atoms with Crippen LogP contribution in [-0.4, -0.2) is 11.2 Å². The van der Waals surface area contributed by atoms with E-state index in [0.717, 1.165) is 11.6 Å². The quantitative estimate of drug-likeness (QED) is 0.167. The fourth-order valence-corrected chi connectivity index (χ4v) is 5.15. The molecule has 1 N–H and O–H groups in total. The zero-order valence-electron chi connectivity index (χ0n) is 20.2. The second kappa shape index (κ2) is 14.9. The molecule has 2 rings (SSSR count). The molecule has 174 valence electrons. The average molecular weight is 452 g/mol. The molecule has 1 amide bonds. The van der Waals surface area contributed by atoms with Gasteiger partial charge in [-0.2, -0.15) is 0 Å². The van der Waals surface area contributed by atoms with Crippen molar-refractivity contribution in [3.05, 3.63) is 72.8 Å². The molecule has 2 nitrogen and oxygen atoms in total. The molecule has 3 heteroatoms. The Balaban J connectivity index is 1.72. The number of anilines is 1. The monoisotopic (exact) mass is 451 g/mol. The summed E-state index contributed by atoms with van der Waals surface area (Å²) in [6.07, 6.45) is 11.8. The highest BCUT2D eigenvalue weighted by atomic mass is 32.2. The Morgan fingerprint density at radius 2 is 1.62 bits per heavy atom. The minimum atomic E-state index is -0.173. The number of nitrogens with one attached hydrogen (secondary N) is 1. The second-order valence-corrected chi connectivity index (χ2v) is 10.5. The van der Waals surface area contributed by atoms with Gasteiger partial charge in [0.05, 0.1) is 0 Å². The zero-order valence-corrected chi connectivity index (χ0v) is 21.0. The molecule has 0 spiro atoms. The van der Waals surface area contributed by atoms with Gasteiger partial charge in [-0.05, 0) is 60.6 Å². The first-order chi connectivity index (χ1) is 15.5. The van der Waals surface area contributed by atoms with E-state index in [2.05, 4.69) is 75.1 Å². The maximum Gasteiger partial charge on any atom is 0.247 e. The van der Waals surface area contributed by atoms with Crippen LogP contribution in [-0.2, 0) is 11.2 Å². The van der Waals surface area contributed by atoms with Gasteiger partial charge in [-0.1, -0.05) is 96.2 Å². The van der Waals surface area contributed by atoms with Crippen LogP contribution in [0.2, 0.25) is 0 Å². The first-order valence-corrected chi connectivity index (χ1v) is 13.1. The van der Waals surface area contributed by atoms with Crippen molar-refractivity contribution in [3.63, 3.8) is 0 Å². The number of benzene rings is 2. The van der Waals surface area contributed by atoms with Crippen LogP contribution < -0.4 is 5.32 Å². The van der Waals surface area contributed by atoms with Crippen molar-refractivity contribution in [1.29, 1.82) is 0 Å². The third-order valence-corrected chi connectivity index (χ3v) is 7.67. The van der Waals surface area contributed by atoms with Gasteiger partial charge in [-0.3, -0.25) is 4.79 Å². The molecule has 3 atom stereocenters. The van der Waals surface area contributed by atoms with Crippen molar-refractivity contribution in [2.45, 2.75) is 82.3 Å². The van der Waals surface area contributed by atoms with Crippen LogP contribution in [0.3, 0.4) is 0 Å². The topological polar surface area (TPSA) is 29.1 Å². The minimum absolute atomic E-state index is 0.173. The maximum atomic E-state index is 11.4. The summed E-state index contributed by atoms with van der Waals surface area (Å²) in [6, 6.07) is 19.1. The van der Waals surface area contributed by atoms with Gasteiger partial charge in [0.2, 0.25) is 5.91 Å². The Kier molecular flexibility index (Phi) is 12.3. The van der Waals surface area contributed by atoms with Crippen LogP contribution in [0, 0.1) is 11.8 Å². The van der Waals surface area contributed by atoms with E-state index in [1.165, 1.54) is 67.9 Å². The van der Waals surface area contributed by atoms with Crippen molar-refractivity contribution in [2.24, 2.45) is 11.8 Å². The lowest BCUT2D eigenvalue weighted by Gasteiger charge is -2.21. The van der Waals surface area contributed by atoms with Gasteiger partial charge < -0.3 is 5.32 Å². The summed E-state index contributed by atoms with van der Waals surface area (Å²) in [5.74, 6) is 1.33. The van der Waals surface area contributed by atoms with E-state index in [0.29, 0.717) is 11.2 Å². The summed E-state index contributed by atoms with van der Waals surface area (Å²) in [7, 11) is 0. The lowest BCUT2D eigenvalue weighted by Crippen LogP contribution is -2.11. The smallest absolute Gasteiger partial charge is 0.247 e. The van der Waals surface area contributed by atoms with Gasteiger partial charge in [-0.25, -0.2) is 0 Å². The molecule has 0 heterocycles. The maximum absolute atomic E-state index is 11.4. The van der Waals surface area contributed by atoms with Crippen molar-refractivity contribution < 1.29 is 4.79 Å². The van der Waals surface area contributed by atoms with Gasteiger partial charge in [0.15, 0.2) is 0 Å². The van der Waals surface area contributed by atoms with Crippen molar-refractivity contribution in [3.8, 4) is 0 Å². The normalized spacial score (nSPS) is 13.8. The fourth-order valence-electron chi connectivity index (χ4n) is 4.06. The SMILES string of the molecule is C=CC(=O)Nc1ccc(SC(C)C(C)CCCCC(CCCC)Cc2ccccc2)cc1. The number of carbonyl (C=O) groups is 1. The van der Waals surface area contributed by atoms with Gasteiger partial charge in [-0.15, -0.1) is 11.8 Å². The number of rotatable bonds is 15. The van der Waals surface area contributed by atoms with E-state index in [4.69, 9.17) is 0 Å². The van der Waals surface area contributed by atoms with E-state index < -0.39 is 0 Å². The van der Waals surface area contributed by atoms with Gasteiger partial charge in [0, 0.05) is 15.8 Å². The Bertz CT molecular complexity index is 787. The summed E-state index contributed by atoms with van der Waals surface area (Å²) in [4.78, 5) is 12.7. The summed E-state index contributed by atoms with van der Waals surface area (Å²) in [6.45, 7) is 10.5. The predicted molar refractivity (Wildman–Crippen MR) is 141 cm³/mol. The van der Waals surface area contributed by atoms with Crippen LogP contribution in [0.25, 0.3) is 0 Å². The largest absolute Gasteiger partial charge is 0.323 e. The molecule has 32 heavy (non-hydrogen) atoms. The highest BCUT2D eigenvalue weighted by Gasteiger charge is 2.15. The van der Waals surface area contributed by atoms with E-state index in [1.54, 1.807) is 0 Å². The number of hydrogen-bond acceptors (Lipinski definition) is 2. The Hall–Kier alpha value is -2.00. The Morgan fingerprint density at radius 3 is 2.28 bits per heavy atom. The fraction of sp³-hybridized carbons (Fsp3) is 0.483. The van der Waals surface area contributed by atoms with Gasteiger partial charge >= 0.3 is 0 Å². The second-order valence-electron chi connectivity index (χ2n) is 9.00. The number of amides is 1. The van der Waals surface area contributed by atoms with Crippen LogP contribution in [0.15, 0.2) is 72.1 Å². The number of carbonyl (C=O) groups excluding carboxylic acids is 1. The molecule has 3 unspecified atom stereocenters. The van der Waals surface area contributed by atoms with E-state index >= 15 is 0 Å². The van der Waals surface area contributed by atoms with Crippen LogP contribution in [0.4, 0.5) is 5.69 Å². The average Bonchev–Trinajstić information content (AvgIpc) is 2.81. The van der Waals surface area contributed by atoms with Crippen molar-refractivity contribution in [2.75, 3.05) is 5.32 Å². The summed E-state index contributed by atoms with van der Waals surface area (Å²) < 4.78 is 0. The van der Waals surface area contributed by atoms with Crippen LogP contribution in [0.1, 0.15) is 71.3 Å². The first-order valence-electron chi connectivity index (χ1n) is 12.3. The summed E-state index contributed by atoms with van der Waals surface area (Å²) >= 11 is 1.93. The molecule has 0 radical (unpaired) electrons. The third-order valence-electron chi connectivity index (χ3n) is 6.29. The van der Waals surface area contributed by atoms with E-state index in [1.807, 2.05) is 23.9 Å². The first kappa shape index (κ1) is 26.3. The lowest BCUT2D eigenvalue weighted by atomic mass is 9.88. The van der Waals surface area contributed by atoms with Crippen LogP contribution in [0.5, 0.6) is 0 Å². The van der Waals surface area contributed by atoms with Crippen LogP contribution >= 0.6 is 11.8 Å². The third kappa shape index (κ3) is 10.1. The highest BCUT2D eigenvalue weighted by Crippen LogP contribution is 2.31. The molecule has 0 aliphatic heterocycles. The minimum Gasteiger partial charge on any atom is -0.323 e. The molecule has 2 aromatic rings. The van der Waals surface area contributed by atoms with E-state index in [9.17, 15) is 4.79 Å². The Morgan fingerprint density at radius 1 is 0.969 bits per heavy atom. The molecule has 0 bridgehead atoms. The molecule has 0 aromatic heterocycles. The Labute approximate surface area is 200 Å². The molecule has 2 aromatic carbocycles. The van der Waals surface area contributed by atoms with Crippen molar-refractivity contribution in [1.82, 2.24) is 0 Å². The zero-order chi connectivity index (χ0) is 23.2. The predicted octanol–water partition coefficient (Wildman–Crippen LogP) is 8.54. The molecular weight excluding hydrogens is 410 g/mol. The van der Waals surface area contributed by atoms with E-state index in [-0.39, 0.29) is 5.91 Å². The number of hydrogen-bond donors (Lipinski definition) is 1. The molecule has 0 aliphatic rings. The summed E-state index contributed by atoms with van der Waals surface area (Å²) in [5, 5.41) is 3.37. The number of thioether (sulfide) groups is 1. The van der Waals surface area contributed by atoms with Gasteiger partial charge in [0.1, 0.15) is 0 Å². The molecule has 0 saturated heterocycles. The number of unbranched alkanes of at least 4 members (excludes halogenated alkanes) is 2. The summed E-state index contributed by atoms with van der Waals surface area (Å²) in [5.41, 5.74) is 2.30. The molecule has 0 fully saturated rings. The lowest BCUT2D eigenvalue weighted by molar-refractivity contribution is -0.111. The standard InChI is InChI=1S/C29H41NOS/c1-5-7-14-25(22-26-15-9-8-10-16-26)17-12-11-13-23(3)24(4)32-28-20-18-27(19-21-28)30-29(31)6-2/h6,8-10,15-16,18-21,23-25H,2,5,7,11-14,17,22H2,1,3-4H3,(H,30,31).